The van der Waals surface area contributed by atoms with Crippen LogP contribution in [0.1, 0.15) is 20.8 Å². The number of likely N-dealkylation sites (N-methyl/N-ethyl adjacent to an activating group) is 1. The van der Waals surface area contributed by atoms with E-state index in [9.17, 15) is 14.4 Å². The van der Waals surface area contributed by atoms with Gasteiger partial charge in [-0.25, -0.2) is 4.79 Å². The highest BCUT2D eigenvalue weighted by atomic mass is 16.4. The van der Waals surface area contributed by atoms with Crippen molar-refractivity contribution in [2.24, 2.45) is 0 Å². The van der Waals surface area contributed by atoms with E-state index in [-0.39, 0.29) is 12.5 Å². The third kappa shape index (κ3) is 5.74. The Morgan fingerprint density at radius 1 is 1.24 bits per heavy atom. The van der Waals surface area contributed by atoms with E-state index < -0.39 is 18.0 Å². The molecule has 0 bridgehead atoms. The molecule has 0 aliphatic rings. The van der Waals surface area contributed by atoms with E-state index in [1.807, 2.05) is 13.8 Å². The van der Waals surface area contributed by atoms with Crippen molar-refractivity contribution in [1.29, 1.82) is 0 Å². The summed E-state index contributed by atoms with van der Waals surface area (Å²) in [6, 6.07) is -1.65. The number of nitrogens with zero attached hydrogens (tertiary/aromatic N) is 1. The molecule has 0 saturated carbocycles. The Hall–Kier alpha value is -1.79. The van der Waals surface area contributed by atoms with Gasteiger partial charge in [0.15, 0.2) is 0 Å². The molecule has 0 rings (SSSR count). The molecule has 1 unspecified atom stereocenters. The predicted molar refractivity (Wildman–Crippen MR) is 61.6 cm³/mol. The van der Waals surface area contributed by atoms with Gasteiger partial charge in [-0.15, -0.1) is 0 Å². The third-order valence-electron chi connectivity index (χ3n) is 2.23. The van der Waals surface area contributed by atoms with E-state index >= 15 is 0 Å². The Balaban J connectivity index is 3.99. The van der Waals surface area contributed by atoms with Crippen LogP contribution in [0.5, 0.6) is 0 Å². The van der Waals surface area contributed by atoms with Crippen molar-refractivity contribution in [1.82, 2.24) is 15.5 Å². The van der Waals surface area contributed by atoms with Crippen LogP contribution >= 0.6 is 0 Å². The second kappa shape index (κ2) is 7.48. The molecule has 0 aromatic heterocycles. The molecular weight excluding hydrogens is 226 g/mol. The number of aliphatic carboxylic acids is 1. The first-order valence-electron chi connectivity index (χ1n) is 5.47. The van der Waals surface area contributed by atoms with Crippen LogP contribution in [0.4, 0.5) is 4.79 Å². The Morgan fingerprint density at radius 3 is 2.18 bits per heavy atom. The van der Waals surface area contributed by atoms with Crippen LogP contribution in [0.25, 0.3) is 0 Å². The molecule has 0 spiro atoms. The molecule has 0 aromatic rings. The summed E-state index contributed by atoms with van der Waals surface area (Å²) in [5, 5.41) is 13.1. The number of nitrogens with one attached hydrogen (secondary N) is 2. The molecule has 7 nitrogen and oxygen atoms in total. The Bertz CT molecular complexity index is 289. The van der Waals surface area contributed by atoms with Crippen molar-refractivity contribution < 1.29 is 19.5 Å². The van der Waals surface area contributed by atoms with Crippen molar-refractivity contribution in [3.8, 4) is 0 Å². The summed E-state index contributed by atoms with van der Waals surface area (Å²) in [5.74, 6) is -1.33. The third-order valence-corrected chi connectivity index (χ3v) is 2.23. The highest BCUT2D eigenvalue weighted by Crippen LogP contribution is 1.87. The zero-order valence-electron chi connectivity index (χ0n) is 10.3. The minimum atomic E-state index is -1.13. The quantitative estimate of drug-likeness (QED) is 0.594. The number of carbonyl (C=O) groups is 3. The van der Waals surface area contributed by atoms with Crippen LogP contribution in [0.2, 0.25) is 0 Å². The molecular formula is C10H19N3O4. The van der Waals surface area contributed by atoms with Crippen LogP contribution in [0, 0.1) is 0 Å². The van der Waals surface area contributed by atoms with Gasteiger partial charge in [-0.3, -0.25) is 9.59 Å². The van der Waals surface area contributed by atoms with Crippen LogP contribution in [-0.2, 0) is 9.59 Å². The highest BCUT2D eigenvalue weighted by molar-refractivity contribution is 5.86. The summed E-state index contributed by atoms with van der Waals surface area (Å²) >= 11 is 0. The zero-order valence-corrected chi connectivity index (χ0v) is 10.3. The molecule has 7 heteroatoms. The monoisotopic (exact) mass is 245 g/mol. The molecule has 0 aliphatic heterocycles. The van der Waals surface area contributed by atoms with Crippen molar-refractivity contribution >= 4 is 17.9 Å². The largest absolute Gasteiger partial charge is 0.480 e. The lowest BCUT2D eigenvalue weighted by molar-refractivity contribution is -0.138. The zero-order chi connectivity index (χ0) is 13.4. The van der Waals surface area contributed by atoms with Crippen LogP contribution in [-0.4, -0.2) is 53.6 Å². The highest BCUT2D eigenvalue weighted by Gasteiger charge is 2.15. The first-order chi connectivity index (χ1) is 7.92. The summed E-state index contributed by atoms with van der Waals surface area (Å²) < 4.78 is 0. The second-order valence-corrected chi connectivity index (χ2v) is 3.45. The fraction of sp³-hybridized carbons (Fsp3) is 0.700. The number of carboxylic acids is 1. The molecule has 0 aliphatic carbocycles. The number of rotatable bonds is 6. The molecule has 1 atom stereocenters. The lowest BCUT2D eigenvalue weighted by Gasteiger charge is -2.19. The van der Waals surface area contributed by atoms with Crippen LogP contribution < -0.4 is 10.6 Å². The van der Waals surface area contributed by atoms with Crippen molar-refractivity contribution in [3.05, 3.63) is 0 Å². The van der Waals surface area contributed by atoms with Gasteiger partial charge < -0.3 is 20.6 Å². The van der Waals surface area contributed by atoms with E-state index in [1.54, 1.807) is 4.90 Å². The van der Waals surface area contributed by atoms with Gasteiger partial charge in [0, 0.05) is 13.1 Å². The van der Waals surface area contributed by atoms with Crippen LogP contribution in [0.3, 0.4) is 0 Å². The lowest BCUT2D eigenvalue weighted by Crippen LogP contribution is -2.47. The van der Waals surface area contributed by atoms with Gasteiger partial charge in [0.05, 0.1) is 6.54 Å². The Morgan fingerprint density at radius 2 is 1.76 bits per heavy atom. The number of amides is 3. The second-order valence-electron chi connectivity index (χ2n) is 3.45. The summed E-state index contributed by atoms with van der Waals surface area (Å²) in [4.78, 5) is 34.7. The standard InChI is InChI=1S/C10H19N3O4/c1-4-13(5-2)8(14)6-11-10(17)12-7(3)9(15)16/h7H,4-6H2,1-3H3,(H,15,16)(H2,11,12,17). The van der Waals surface area contributed by atoms with Crippen molar-refractivity contribution in [3.63, 3.8) is 0 Å². The van der Waals surface area contributed by atoms with E-state index in [0.29, 0.717) is 13.1 Å². The average Bonchev–Trinajstić information content (AvgIpc) is 2.27. The number of carbonyl (C=O) groups excluding carboxylic acids is 2. The van der Waals surface area contributed by atoms with Gasteiger partial charge in [0.25, 0.3) is 0 Å². The molecule has 0 heterocycles. The maximum Gasteiger partial charge on any atom is 0.325 e. The number of hydrogen-bond donors (Lipinski definition) is 3. The first kappa shape index (κ1) is 15.2. The van der Waals surface area contributed by atoms with Crippen LogP contribution in [0.15, 0.2) is 0 Å². The Labute approximate surface area is 100 Å². The van der Waals surface area contributed by atoms with Gasteiger partial charge in [-0.1, -0.05) is 0 Å². The normalized spacial score (nSPS) is 11.5. The molecule has 3 amide bonds. The van der Waals surface area contributed by atoms with E-state index in [2.05, 4.69) is 10.6 Å². The van der Waals surface area contributed by atoms with Gasteiger partial charge >= 0.3 is 12.0 Å². The molecule has 0 aromatic carbocycles. The first-order valence-corrected chi connectivity index (χ1v) is 5.47. The summed E-state index contributed by atoms with van der Waals surface area (Å²) in [5.41, 5.74) is 0. The topological polar surface area (TPSA) is 98.7 Å². The van der Waals surface area contributed by atoms with E-state index in [4.69, 9.17) is 5.11 Å². The molecule has 98 valence electrons. The maximum absolute atomic E-state index is 11.5. The number of urea groups is 1. The van der Waals surface area contributed by atoms with Crippen molar-refractivity contribution in [2.75, 3.05) is 19.6 Å². The SMILES string of the molecule is CCN(CC)C(=O)CNC(=O)NC(C)C(=O)O. The van der Waals surface area contributed by atoms with E-state index in [0.717, 1.165) is 0 Å². The number of hydrogen-bond acceptors (Lipinski definition) is 3. The minimum Gasteiger partial charge on any atom is -0.480 e. The van der Waals surface area contributed by atoms with E-state index in [1.165, 1.54) is 6.92 Å². The smallest absolute Gasteiger partial charge is 0.325 e. The lowest BCUT2D eigenvalue weighted by atomic mass is 10.3. The summed E-state index contributed by atoms with van der Waals surface area (Å²) in [6.45, 7) is 6.03. The Kier molecular flexibility index (Phi) is 6.69. The molecule has 3 N–H and O–H groups in total. The number of carboxylic acid groups (broad SMARTS) is 1. The molecule has 0 fully saturated rings. The fourth-order valence-electron chi connectivity index (χ4n) is 1.15. The summed E-state index contributed by atoms with van der Waals surface area (Å²) in [6.07, 6.45) is 0. The van der Waals surface area contributed by atoms with Gasteiger partial charge in [0.2, 0.25) is 5.91 Å². The predicted octanol–water partition coefficient (Wildman–Crippen LogP) is -0.373. The minimum absolute atomic E-state index is 0.139. The maximum atomic E-state index is 11.5. The molecule has 0 saturated heterocycles. The van der Waals surface area contributed by atoms with Crippen molar-refractivity contribution in [2.45, 2.75) is 26.8 Å². The fourth-order valence-corrected chi connectivity index (χ4v) is 1.15. The van der Waals surface area contributed by atoms with Gasteiger partial charge in [-0.2, -0.15) is 0 Å². The van der Waals surface area contributed by atoms with Gasteiger partial charge in [0.1, 0.15) is 6.04 Å². The molecule has 17 heavy (non-hydrogen) atoms. The van der Waals surface area contributed by atoms with Gasteiger partial charge in [-0.05, 0) is 20.8 Å². The molecule has 0 radical (unpaired) electrons. The summed E-state index contributed by atoms with van der Waals surface area (Å²) in [7, 11) is 0. The average molecular weight is 245 g/mol.